The standard InChI is InChI=1S/C28H38N8O2/c1-4-34-22(28(38)35(17-5-6-17)18-7-8-18)14-21-25-24(29-15-33(25)3)26(31-27(21)34)30-23-13-16(2)36(32-23)19-9-11-20(37)12-10-19/h14-20,37H,4-13H2,1-3H3,(H,30,31,32)/t16?,19-,20+. The van der Waals surface area contributed by atoms with Gasteiger partial charge in [-0.1, -0.05) is 0 Å². The van der Waals surface area contributed by atoms with E-state index in [0.29, 0.717) is 36.5 Å². The molecule has 3 aliphatic carbocycles. The number of imidazole rings is 1. The zero-order valence-corrected chi connectivity index (χ0v) is 22.6. The van der Waals surface area contributed by atoms with Crippen LogP contribution in [0, 0.1) is 0 Å². The maximum absolute atomic E-state index is 13.8. The maximum atomic E-state index is 13.8. The number of carbonyl (C=O) groups excluding carboxylic acids is 1. The van der Waals surface area contributed by atoms with Gasteiger partial charge in [-0.15, -0.1) is 0 Å². The first-order valence-corrected chi connectivity index (χ1v) is 14.4. The molecule has 2 N–H and O–H groups in total. The monoisotopic (exact) mass is 518 g/mol. The van der Waals surface area contributed by atoms with Crippen molar-refractivity contribution in [1.29, 1.82) is 0 Å². The number of carbonyl (C=O) groups is 1. The number of fused-ring (bicyclic) bond motifs is 3. The first-order valence-electron chi connectivity index (χ1n) is 14.4. The summed E-state index contributed by atoms with van der Waals surface area (Å²) in [5, 5.41) is 21.6. The van der Waals surface area contributed by atoms with Crippen molar-refractivity contribution in [2.24, 2.45) is 12.1 Å². The first kappa shape index (κ1) is 23.9. The number of aliphatic hydroxyl groups excluding tert-OH is 1. The lowest BCUT2D eigenvalue weighted by Crippen LogP contribution is -2.38. The van der Waals surface area contributed by atoms with Crippen LogP contribution in [0.25, 0.3) is 22.1 Å². The number of amides is 1. The third-order valence-electron chi connectivity index (χ3n) is 8.83. The number of nitrogens with one attached hydrogen (secondary N) is 1. The molecule has 10 heteroatoms. The fourth-order valence-electron chi connectivity index (χ4n) is 6.59. The van der Waals surface area contributed by atoms with Crippen molar-refractivity contribution >= 4 is 39.6 Å². The van der Waals surface area contributed by atoms with Gasteiger partial charge in [-0.25, -0.2) is 9.97 Å². The molecule has 1 atom stereocenters. The zero-order valence-electron chi connectivity index (χ0n) is 22.6. The van der Waals surface area contributed by atoms with Crippen LogP contribution in [-0.4, -0.2) is 76.1 Å². The van der Waals surface area contributed by atoms with Gasteiger partial charge < -0.3 is 24.5 Å². The number of pyridine rings is 1. The largest absolute Gasteiger partial charge is 0.393 e. The highest BCUT2D eigenvalue weighted by molar-refractivity contribution is 6.12. The molecule has 0 spiro atoms. The topological polar surface area (TPSA) is 104 Å². The molecule has 4 aliphatic rings. The van der Waals surface area contributed by atoms with E-state index in [4.69, 9.17) is 15.1 Å². The Hall–Kier alpha value is -3.14. The Morgan fingerprint density at radius 2 is 1.84 bits per heavy atom. The minimum atomic E-state index is -0.175. The van der Waals surface area contributed by atoms with Crippen molar-refractivity contribution < 1.29 is 9.90 Å². The number of hydrogen-bond acceptors (Lipinski definition) is 7. The normalized spacial score (nSPS) is 25.8. The van der Waals surface area contributed by atoms with Crippen LogP contribution in [0.4, 0.5) is 5.82 Å². The Morgan fingerprint density at radius 3 is 2.50 bits per heavy atom. The molecular formula is C28H38N8O2. The van der Waals surface area contributed by atoms with Gasteiger partial charge in [-0.05, 0) is 71.3 Å². The van der Waals surface area contributed by atoms with Crippen molar-refractivity contribution in [3.05, 3.63) is 18.1 Å². The average Bonchev–Trinajstić information content (AvgIpc) is 3.82. The Balaban J connectivity index is 1.26. The highest BCUT2D eigenvalue weighted by Crippen LogP contribution is 2.40. The van der Waals surface area contributed by atoms with Gasteiger partial charge >= 0.3 is 0 Å². The molecule has 1 aliphatic heterocycles. The highest BCUT2D eigenvalue weighted by Gasteiger charge is 2.43. The van der Waals surface area contributed by atoms with Gasteiger partial charge in [0.2, 0.25) is 0 Å². The van der Waals surface area contributed by atoms with Gasteiger partial charge in [-0.2, -0.15) is 5.10 Å². The molecule has 0 saturated heterocycles. The SMILES string of the molecule is CCn1c(C(=O)N(C2CC2)C2CC2)cc2c3c(ncn3C)c(NC3=NN([C@H]4CC[C@@H](O)CC4)C(C)C3)nc21. The van der Waals surface area contributed by atoms with Gasteiger partial charge in [0, 0.05) is 43.5 Å². The van der Waals surface area contributed by atoms with Crippen LogP contribution < -0.4 is 5.32 Å². The van der Waals surface area contributed by atoms with Gasteiger partial charge in [0.15, 0.2) is 5.82 Å². The van der Waals surface area contributed by atoms with Gasteiger partial charge in [0.25, 0.3) is 5.91 Å². The lowest BCUT2D eigenvalue weighted by atomic mass is 9.92. The van der Waals surface area contributed by atoms with E-state index in [0.717, 1.165) is 91.4 Å². The molecule has 1 unspecified atom stereocenters. The van der Waals surface area contributed by atoms with E-state index in [2.05, 4.69) is 33.6 Å². The van der Waals surface area contributed by atoms with E-state index in [1.165, 1.54) is 0 Å². The van der Waals surface area contributed by atoms with Crippen molar-refractivity contribution in [3.63, 3.8) is 0 Å². The molecule has 38 heavy (non-hydrogen) atoms. The summed E-state index contributed by atoms with van der Waals surface area (Å²) in [5.74, 6) is 1.72. The van der Waals surface area contributed by atoms with Crippen LogP contribution in [-0.2, 0) is 13.6 Å². The van der Waals surface area contributed by atoms with Crippen LogP contribution in [0.1, 0.15) is 82.1 Å². The first-order chi connectivity index (χ1) is 18.4. The maximum Gasteiger partial charge on any atom is 0.271 e. The zero-order chi connectivity index (χ0) is 26.1. The number of rotatable bonds is 6. The summed E-state index contributed by atoms with van der Waals surface area (Å²) in [6.45, 7) is 4.96. The van der Waals surface area contributed by atoms with Crippen LogP contribution in [0.3, 0.4) is 0 Å². The lowest BCUT2D eigenvalue weighted by molar-refractivity contribution is 0.0648. The fourth-order valence-corrected chi connectivity index (χ4v) is 6.59. The number of amidine groups is 1. The Bertz CT molecular complexity index is 1410. The van der Waals surface area contributed by atoms with E-state index in [1.807, 2.05) is 24.0 Å². The second kappa shape index (κ2) is 8.97. The molecule has 3 fully saturated rings. The molecule has 3 saturated carbocycles. The molecule has 3 aromatic rings. The molecule has 0 radical (unpaired) electrons. The summed E-state index contributed by atoms with van der Waals surface area (Å²) < 4.78 is 4.10. The van der Waals surface area contributed by atoms with Crippen LogP contribution >= 0.6 is 0 Å². The quantitative estimate of drug-likeness (QED) is 0.514. The summed E-state index contributed by atoms with van der Waals surface area (Å²) in [5.41, 5.74) is 3.31. The second-order valence-corrected chi connectivity index (χ2v) is 11.8. The molecule has 7 rings (SSSR count). The third-order valence-corrected chi connectivity index (χ3v) is 8.83. The number of anilines is 1. The summed E-state index contributed by atoms with van der Waals surface area (Å²) in [6, 6.07) is 3.50. The van der Waals surface area contributed by atoms with E-state index in [-0.39, 0.29) is 12.0 Å². The Morgan fingerprint density at radius 1 is 1.13 bits per heavy atom. The van der Waals surface area contributed by atoms with Crippen LogP contribution in [0.15, 0.2) is 17.5 Å². The van der Waals surface area contributed by atoms with Crippen molar-refractivity contribution in [1.82, 2.24) is 29.0 Å². The Labute approximate surface area is 222 Å². The lowest BCUT2D eigenvalue weighted by Gasteiger charge is -2.34. The van der Waals surface area contributed by atoms with Crippen molar-refractivity contribution in [3.8, 4) is 0 Å². The minimum Gasteiger partial charge on any atom is -0.393 e. The van der Waals surface area contributed by atoms with Gasteiger partial charge in [0.05, 0.1) is 24.0 Å². The molecule has 0 bridgehead atoms. The fraction of sp³-hybridized carbons (Fsp3) is 0.643. The summed E-state index contributed by atoms with van der Waals surface area (Å²) in [4.78, 5) is 25.8. The van der Waals surface area contributed by atoms with Crippen LogP contribution in [0.2, 0.25) is 0 Å². The van der Waals surface area contributed by atoms with E-state index >= 15 is 0 Å². The van der Waals surface area contributed by atoms with Crippen molar-refractivity contribution in [2.75, 3.05) is 5.32 Å². The number of aryl methyl sites for hydroxylation is 2. The number of aromatic nitrogens is 4. The van der Waals surface area contributed by atoms with E-state index in [9.17, 15) is 9.90 Å². The van der Waals surface area contributed by atoms with E-state index in [1.54, 1.807) is 0 Å². The molecule has 3 aromatic heterocycles. The predicted molar refractivity (Wildman–Crippen MR) is 147 cm³/mol. The third kappa shape index (κ3) is 3.95. The number of hydrazone groups is 1. The minimum absolute atomic E-state index is 0.141. The number of hydrogen-bond donors (Lipinski definition) is 2. The average molecular weight is 519 g/mol. The highest BCUT2D eigenvalue weighted by atomic mass is 16.3. The summed E-state index contributed by atoms with van der Waals surface area (Å²) in [6.07, 6.45) is 10.5. The molecular weight excluding hydrogens is 480 g/mol. The number of nitrogens with zero attached hydrogens (tertiary/aromatic N) is 7. The molecule has 0 aromatic carbocycles. The molecule has 10 nitrogen and oxygen atoms in total. The second-order valence-electron chi connectivity index (χ2n) is 11.8. The van der Waals surface area contributed by atoms with Gasteiger partial charge in [-0.3, -0.25) is 9.80 Å². The summed E-state index contributed by atoms with van der Waals surface area (Å²) >= 11 is 0. The molecule has 4 heterocycles. The number of aliphatic hydroxyl groups is 1. The smallest absolute Gasteiger partial charge is 0.271 e. The van der Waals surface area contributed by atoms with Crippen LogP contribution in [0.5, 0.6) is 0 Å². The Kier molecular flexibility index (Phi) is 5.65. The summed E-state index contributed by atoms with van der Waals surface area (Å²) in [7, 11) is 2.00. The molecule has 1 amide bonds. The van der Waals surface area contributed by atoms with E-state index < -0.39 is 0 Å². The molecule has 202 valence electrons. The predicted octanol–water partition coefficient (Wildman–Crippen LogP) is 3.83. The van der Waals surface area contributed by atoms with Gasteiger partial charge in [0.1, 0.15) is 22.7 Å². The van der Waals surface area contributed by atoms with Crippen molar-refractivity contribution in [2.45, 2.75) is 108 Å².